The Balaban J connectivity index is 1.80. The Labute approximate surface area is 152 Å². The molecule has 0 spiro atoms. The molecule has 0 saturated carbocycles. The van der Waals surface area contributed by atoms with Gasteiger partial charge in [-0.05, 0) is 42.8 Å². The van der Waals surface area contributed by atoms with Crippen LogP contribution in [-0.4, -0.2) is 29.6 Å². The topological polar surface area (TPSA) is 8.17 Å². The van der Waals surface area contributed by atoms with Crippen molar-refractivity contribution in [2.24, 2.45) is 0 Å². The van der Waals surface area contributed by atoms with Crippen LogP contribution in [0.1, 0.15) is 23.0 Å². The maximum Gasteiger partial charge on any atom is 0.143 e. The molecule has 1 atom stereocenters. The summed E-state index contributed by atoms with van der Waals surface area (Å²) in [5.74, 6) is 0. The van der Waals surface area contributed by atoms with Crippen molar-refractivity contribution in [2.75, 3.05) is 20.1 Å². The Kier molecular flexibility index (Phi) is 4.53. The minimum Gasteiger partial charge on any atom is -0.341 e. The van der Waals surface area contributed by atoms with Gasteiger partial charge in [-0.3, -0.25) is 0 Å². The molecular formula is C21H22ClFN2. The normalized spacial score (nSPS) is 16.6. The van der Waals surface area contributed by atoms with Gasteiger partial charge in [-0.25, -0.2) is 4.39 Å². The monoisotopic (exact) mass is 356 g/mol. The fraction of sp³-hybridized carbons (Fsp3) is 0.333. The van der Waals surface area contributed by atoms with E-state index in [9.17, 15) is 4.39 Å². The molecule has 0 radical (unpaired) electrons. The van der Waals surface area contributed by atoms with E-state index in [1.165, 1.54) is 16.6 Å². The third-order valence-electron chi connectivity index (χ3n) is 5.23. The Morgan fingerprint density at radius 2 is 1.84 bits per heavy atom. The largest absolute Gasteiger partial charge is 0.341 e. The van der Waals surface area contributed by atoms with Crippen molar-refractivity contribution < 1.29 is 4.39 Å². The Morgan fingerprint density at radius 1 is 1.08 bits per heavy atom. The van der Waals surface area contributed by atoms with Crippen LogP contribution >= 0.6 is 11.6 Å². The number of alkyl halides is 1. The highest BCUT2D eigenvalue weighted by atomic mass is 35.5. The van der Waals surface area contributed by atoms with Crippen molar-refractivity contribution in [3.05, 3.63) is 70.4 Å². The summed E-state index contributed by atoms with van der Waals surface area (Å²) in [6.45, 7) is 2.37. The van der Waals surface area contributed by atoms with Crippen molar-refractivity contribution in [3.63, 3.8) is 0 Å². The number of likely N-dealkylation sites (N-methyl/N-ethyl adjacent to an activating group) is 1. The van der Waals surface area contributed by atoms with Gasteiger partial charge in [0.1, 0.15) is 6.17 Å². The lowest BCUT2D eigenvalue weighted by atomic mass is 10.1. The number of benzene rings is 2. The van der Waals surface area contributed by atoms with E-state index in [2.05, 4.69) is 16.5 Å². The van der Waals surface area contributed by atoms with E-state index in [1.54, 1.807) is 0 Å². The molecule has 3 aromatic rings. The molecule has 0 N–H and O–H groups in total. The van der Waals surface area contributed by atoms with Crippen molar-refractivity contribution in [2.45, 2.75) is 25.6 Å². The van der Waals surface area contributed by atoms with Gasteiger partial charge in [0.15, 0.2) is 0 Å². The van der Waals surface area contributed by atoms with E-state index in [0.29, 0.717) is 6.54 Å². The van der Waals surface area contributed by atoms with Crippen molar-refractivity contribution in [1.29, 1.82) is 0 Å². The molecule has 2 aromatic carbocycles. The summed E-state index contributed by atoms with van der Waals surface area (Å²) in [6.07, 6.45) is 0.912. The zero-order chi connectivity index (χ0) is 17.4. The van der Waals surface area contributed by atoms with Gasteiger partial charge < -0.3 is 9.47 Å². The quantitative estimate of drug-likeness (QED) is 0.638. The summed E-state index contributed by atoms with van der Waals surface area (Å²) in [5.41, 5.74) is 4.43. The lowest BCUT2D eigenvalue weighted by Crippen LogP contribution is -2.21. The van der Waals surface area contributed by atoms with Crippen molar-refractivity contribution in [3.8, 4) is 0 Å². The van der Waals surface area contributed by atoms with Crippen LogP contribution in [0.15, 0.2) is 48.5 Å². The van der Waals surface area contributed by atoms with E-state index in [4.69, 9.17) is 11.6 Å². The smallest absolute Gasteiger partial charge is 0.143 e. The summed E-state index contributed by atoms with van der Waals surface area (Å²) in [7, 11) is 2.15. The highest BCUT2D eigenvalue weighted by Crippen LogP contribution is 2.33. The third-order valence-corrected chi connectivity index (χ3v) is 5.46. The second kappa shape index (κ2) is 6.81. The molecule has 1 aliphatic rings. The van der Waals surface area contributed by atoms with E-state index in [1.807, 2.05) is 48.5 Å². The second-order valence-electron chi connectivity index (χ2n) is 6.88. The number of aromatic nitrogens is 1. The van der Waals surface area contributed by atoms with Crippen molar-refractivity contribution >= 4 is 22.5 Å². The van der Waals surface area contributed by atoms with Crippen molar-refractivity contribution in [1.82, 2.24) is 9.47 Å². The minimum atomic E-state index is -1.02. The predicted octanol–water partition coefficient (Wildman–Crippen LogP) is 5.04. The molecule has 0 bridgehead atoms. The molecule has 0 aliphatic carbocycles. The van der Waals surface area contributed by atoms with Gasteiger partial charge >= 0.3 is 0 Å². The minimum absolute atomic E-state index is 0.348. The molecule has 1 aliphatic heterocycles. The summed E-state index contributed by atoms with van der Waals surface area (Å²) < 4.78 is 17.2. The van der Waals surface area contributed by atoms with Gasteiger partial charge in [0.05, 0.1) is 6.54 Å². The molecule has 2 heterocycles. The molecular weight excluding hydrogens is 335 g/mol. The van der Waals surface area contributed by atoms with Gasteiger partial charge in [0.25, 0.3) is 0 Å². The van der Waals surface area contributed by atoms with Gasteiger partial charge in [0.2, 0.25) is 0 Å². The Morgan fingerprint density at radius 3 is 2.64 bits per heavy atom. The number of halogens is 2. The molecule has 0 fully saturated rings. The van der Waals surface area contributed by atoms with Gasteiger partial charge in [-0.15, -0.1) is 0 Å². The Bertz CT molecular complexity index is 888. The molecule has 0 amide bonds. The van der Waals surface area contributed by atoms with Gasteiger partial charge in [-0.1, -0.05) is 41.9 Å². The molecule has 1 aromatic heterocycles. The molecule has 2 nitrogen and oxygen atoms in total. The van der Waals surface area contributed by atoms with E-state index >= 15 is 0 Å². The van der Waals surface area contributed by atoms with E-state index < -0.39 is 6.17 Å². The number of hydrogen-bond acceptors (Lipinski definition) is 1. The lowest BCUT2D eigenvalue weighted by molar-refractivity contribution is 0.302. The summed E-state index contributed by atoms with van der Waals surface area (Å²) in [4.78, 5) is 2.34. The number of fused-ring (bicyclic) bond motifs is 3. The van der Waals surface area contributed by atoms with Crippen LogP contribution in [0.4, 0.5) is 4.39 Å². The van der Waals surface area contributed by atoms with Crippen LogP contribution in [0.25, 0.3) is 10.9 Å². The first kappa shape index (κ1) is 16.6. The number of rotatable bonds is 3. The zero-order valence-electron chi connectivity index (χ0n) is 14.4. The first-order valence-electron chi connectivity index (χ1n) is 8.80. The third kappa shape index (κ3) is 3.19. The SMILES string of the molecule is CN1CCc2c(n(CC(F)c3ccccc3)c3ccc(Cl)cc23)CC1. The van der Waals surface area contributed by atoms with E-state index in [-0.39, 0.29) is 0 Å². The maximum absolute atomic E-state index is 15.0. The first-order chi connectivity index (χ1) is 12.1. The van der Waals surface area contributed by atoms with Crippen LogP contribution in [0, 0.1) is 0 Å². The molecule has 4 rings (SSSR count). The lowest BCUT2D eigenvalue weighted by Gasteiger charge is -2.16. The molecule has 0 saturated heterocycles. The fourth-order valence-corrected chi connectivity index (χ4v) is 4.03. The van der Waals surface area contributed by atoms with Crippen LogP contribution in [-0.2, 0) is 19.4 Å². The first-order valence-corrected chi connectivity index (χ1v) is 9.18. The molecule has 130 valence electrons. The predicted molar refractivity (Wildman–Crippen MR) is 102 cm³/mol. The molecule has 25 heavy (non-hydrogen) atoms. The molecule has 1 unspecified atom stereocenters. The second-order valence-corrected chi connectivity index (χ2v) is 7.32. The zero-order valence-corrected chi connectivity index (χ0v) is 15.1. The number of hydrogen-bond donors (Lipinski definition) is 0. The van der Waals surface area contributed by atoms with Crippen LogP contribution in [0.2, 0.25) is 5.02 Å². The Hall–Kier alpha value is -1.84. The maximum atomic E-state index is 15.0. The standard InChI is InChI=1S/C21H22ClFN2/c1-24-11-9-17-18-13-16(22)7-8-20(18)25(21(17)10-12-24)14-19(23)15-5-3-2-4-6-15/h2-8,13,19H,9-12,14H2,1H3. The average Bonchev–Trinajstić information content (AvgIpc) is 2.76. The van der Waals surface area contributed by atoms with Crippen LogP contribution in [0.3, 0.4) is 0 Å². The fourth-order valence-electron chi connectivity index (χ4n) is 3.86. The summed E-state index contributed by atoms with van der Waals surface area (Å²) in [5, 5.41) is 1.92. The number of nitrogens with zero attached hydrogens (tertiary/aromatic N) is 2. The summed E-state index contributed by atoms with van der Waals surface area (Å²) >= 11 is 6.25. The van der Waals surface area contributed by atoms with E-state index in [0.717, 1.165) is 42.0 Å². The van der Waals surface area contributed by atoms with Crippen LogP contribution < -0.4 is 0 Å². The highest BCUT2D eigenvalue weighted by Gasteiger charge is 2.23. The summed E-state index contributed by atoms with van der Waals surface area (Å²) in [6, 6.07) is 15.4. The van der Waals surface area contributed by atoms with Gasteiger partial charge in [-0.2, -0.15) is 0 Å². The van der Waals surface area contributed by atoms with Crippen LogP contribution in [0.5, 0.6) is 0 Å². The van der Waals surface area contributed by atoms with Gasteiger partial charge in [0, 0.05) is 41.1 Å². The molecule has 4 heteroatoms. The highest BCUT2D eigenvalue weighted by molar-refractivity contribution is 6.31. The average molecular weight is 357 g/mol.